The van der Waals surface area contributed by atoms with E-state index in [1.54, 1.807) is 0 Å². The number of benzene rings is 1. The van der Waals surface area contributed by atoms with Crippen molar-refractivity contribution in [2.45, 2.75) is 51.0 Å². The molecule has 2 heteroatoms. The van der Waals surface area contributed by atoms with E-state index in [9.17, 15) is 0 Å². The SMILES string of the molecule is CCCCSc1ccccc1C(CC)NCC. The minimum Gasteiger partial charge on any atom is -0.310 e. The van der Waals surface area contributed by atoms with Gasteiger partial charge in [0, 0.05) is 10.9 Å². The fourth-order valence-corrected chi connectivity index (χ4v) is 3.15. The van der Waals surface area contributed by atoms with Crippen LogP contribution in [0, 0.1) is 0 Å². The van der Waals surface area contributed by atoms with Crippen LogP contribution < -0.4 is 5.32 Å². The summed E-state index contributed by atoms with van der Waals surface area (Å²) >= 11 is 2.00. The molecule has 0 saturated carbocycles. The monoisotopic (exact) mass is 251 g/mol. The predicted molar refractivity (Wildman–Crippen MR) is 78.8 cm³/mol. The van der Waals surface area contributed by atoms with Gasteiger partial charge in [0.1, 0.15) is 0 Å². The average Bonchev–Trinajstić information content (AvgIpc) is 2.37. The molecule has 0 heterocycles. The number of hydrogen-bond donors (Lipinski definition) is 1. The molecule has 1 atom stereocenters. The Hall–Kier alpha value is -0.470. The maximum atomic E-state index is 3.57. The minimum absolute atomic E-state index is 0.505. The van der Waals surface area contributed by atoms with Crippen LogP contribution in [0.25, 0.3) is 0 Å². The Kier molecular flexibility index (Phi) is 7.38. The molecule has 1 rings (SSSR count). The zero-order chi connectivity index (χ0) is 12.5. The minimum atomic E-state index is 0.505. The first-order valence-electron chi connectivity index (χ1n) is 6.78. The van der Waals surface area contributed by atoms with Gasteiger partial charge >= 0.3 is 0 Å². The third-order valence-corrected chi connectivity index (χ3v) is 4.08. The summed E-state index contributed by atoms with van der Waals surface area (Å²) in [6.07, 6.45) is 3.73. The summed E-state index contributed by atoms with van der Waals surface area (Å²) in [5.74, 6) is 1.23. The number of rotatable bonds is 8. The summed E-state index contributed by atoms with van der Waals surface area (Å²) in [4.78, 5) is 1.45. The largest absolute Gasteiger partial charge is 0.310 e. The Balaban J connectivity index is 2.74. The smallest absolute Gasteiger partial charge is 0.0328 e. The van der Waals surface area contributed by atoms with Crippen LogP contribution in [-0.2, 0) is 0 Å². The lowest BCUT2D eigenvalue weighted by molar-refractivity contribution is 0.530. The van der Waals surface area contributed by atoms with Crippen molar-refractivity contribution >= 4 is 11.8 Å². The van der Waals surface area contributed by atoms with Gasteiger partial charge in [-0.05, 0) is 36.8 Å². The molecule has 0 aromatic heterocycles. The van der Waals surface area contributed by atoms with Crippen LogP contribution in [0.4, 0.5) is 0 Å². The van der Waals surface area contributed by atoms with Crippen LogP contribution in [-0.4, -0.2) is 12.3 Å². The molecule has 1 unspecified atom stereocenters. The molecule has 0 radical (unpaired) electrons. The molecule has 0 fully saturated rings. The second kappa shape index (κ2) is 8.60. The summed E-state index contributed by atoms with van der Waals surface area (Å²) in [5, 5.41) is 3.57. The van der Waals surface area contributed by atoms with Crippen LogP contribution in [0.3, 0.4) is 0 Å². The molecule has 1 nitrogen and oxygen atoms in total. The van der Waals surface area contributed by atoms with Crippen molar-refractivity contribution in [2.75, 3.05) is 12.3 Å². The molecule has 0 aliphatic heterocycles. The lowest BCUT2D eigenvalue weighted by Gasteiger charge is -2.19. The highest BCUT2D eigenvalue weighted by atomic mass is 32.2. The van der Waals surface area contributed by atoms with Crippen LogP contribution >= 0.6 is 11.8 Å². The molecule has 1 N–H and O–H groups in total. The van der Waals surface area contributed by atoms with Crippen molar-refractivity contribution in [1.29, 1.82) is 0 Å². The Bertz CT molecular complexity index is 312. The molecule has 0 spiro atoms. The van der Waals surface area contributed by atoms with Crippen molar-refractivity contribution < 1.29 is 0 Å². The summed E-state index contributed by atoms with van der Waals surface area (Å²) in [7, 11) is 0. The maximum absolute atomic E-state index is 3.57. The Morgan fingerprint density at radius 1 is 1.18 bits per heavy atom. The summed E-state index contributed by atoms with van der Waals surface area (Å²) in [6, 6.07) is 9.33. The van der Waals surface area contributed by atoms with E-state index in [2.05, 4.69) is 50.4 Å². The van der Waals surface area contributed by atoms with Crippen LogP contribution in [0.1, 0.15) is 51.6 Å². The van der Waals surface area contributed by atoms with E-state index >= 15 is 0 Å². The molecule has 1 aromatic carbocycles. The number of thioether (sulfide) groups is 1. The maximum Gasteiger partial charge on any atom is 0.0328 e. The molecule has 0 saturated heterocycles. The van der Waals surface area contributed by atoms with Crippen LogP contribution in [0.5, 0.6) is 0 Å². The predicted octanol–water partition coefficient (Wildman–Crippen LogP) is 4.64. The van der Waals surface area contributed by atoms with Gasteiger partial charge in [0.05, 0.1) is 0 Å². The van der Waals surface area contributed by atoms with Crippen molar-refractivity contribution in [3.63, 3.8) is 0 Å². The highest BCUT2D eigenvalue weighted by molar-refractivity contribution is 7.99. The van der Waals surface area contributed by atoms with E-state index in [0.29, 0.717) is 6.04 Å². The molecule has 96 valence electrons. The fourth-order valence-electron chi connectivity index (χ4n) is 1.95. The third-order valence-electron chi connectivity index (χ3n) is 2.91. The van der Waals surface area contributed by atoms with Gasteiger partial charge in [-0.1, -0.05) is 45.4 Å². The molecule has 0 amide bonds. The fraction of sp³-hybridized carbons (Fsp3) is 0.600. The second-order valence-corrected chi connectivity index (χ2v) is 5.40. The van der Waals surface area contributed by atoms with Gasteiger partial charge in [-0.25, -0.2) is 0 Å². The number of nitrogens with one attached hydrogen (secondary N) is 1. The standard InChI is InChI=1S/C15H25NS/c1-4-7-12-17-15-11-9-8-10-13(15)14(5-2)16-6-3/h8-11,14,16H,4-7,12H2,1-3H3. The average molecular weight is 251 g/mol. The van der Waals surface area contributed by atoms with Crippen molar-refractivity contribution in [2.24, 2.45) is 0 Å². The van der Waals surface area contributed by atoms with Crippen LogP contribution in [0.15, 0.2) is 29.2 Å². The van der Waals surface area contributed by atoms with Crippen molar-refractivity contribution in [1.82, 2.24) is 5.32 Å². The van der Waals surface area contributed by atoms with Gasteiger partial charge < -0.3 is 5.32 Å². The molecule has 0 aliphatic rings. The highest BCUT2D eigenvalue weighted by Crippen LogP contribution is 2.29. The second-order valence-electron chi connectivity index (χ2n) is 4.26. The normalized spacial score (nSPS) is 12.6. The first kappa shape index (κ1) is 14.6. The third kappa shape index (κ3) is 4.72. The highest BCUT2D eigenvalue weighted by Gasteiger charge is 2.11. The Labute approximate surface area is 110 Å². The quantitative estimate of drug-likeness (QED) is 0.533. The van der Waals surface area contributed by atoms with Gasteiger partial charge in [-0.15, -0.1) is 11.8 Å². The van der Waals surface area contributed by atoms with Crippen LogP contribution in [0.2, 0.25) is 0 Å². The number of hydrogen-bond acceptors (Lipinski definition) is 2. The molecule has 1 aromatic rings. The topological polar surface area (TPSA) is 12.0 Å². The molecule has 0 bridgehead atoms. The van der Waals surface area contributed by atoms with E-state index in [1.807, 2.05) is 11.8 Å². The molecular weight excluding hydrogens is 226 g/mol. The van der Waals surface area contributed by atoms with Crippen molar-refractivity contribution in [3.05, 3.63) is 29.8 Å². The molecular formula is C15H25NS. The summed E-state index contributed by atoms with van der Waals surface area (Å²) in [6.45, 7) is 7.71. The van der Waals surface area contributed by atoms with Gasteiger partial charge in [-0.2, -0.15) is 0 Å². The first-order chi connectivity index (χ1) is 8.33. The van der Waals surface area contributed by atoms with Crippen molar-refractivity contribution in [3.8, 4) is 0 Å². The summed E-state index contributed by atoms with van der Waals surface area (Å²) in [5.41, 5.74) is 1.47. The van der Waals surface area contributed by atoms with E-state index in [1.165, 1.54) is 29.1 Å². The van der Waals surface area contributed by atoms with E-state index in [4.69, 9.17) is 0 Å². The molecule has 0 aliphatic carbocycles. The summed E-state index contributed by atoms with van der Waals surface area (Å²) < 4.78 is 0. The zero-order valence-corrected chi connectivity index (χ0v) is 12.1. The lowest BCUT2D eigenvalue weighted by Crippen LogP contribution is -2.20. The molecule has 17 heavy (non-hydrogen) atoms. The van der Waals surface area contributed by atoms with E-state index in [-0.39, 0.29) is 0 Å². The Morgan fingerprint density at radius 2 is 1.94 bits per heavy atom. The van der Waals surface area contributed by atoms with Gasteiger partial charge in [0.25, 0.3) is 0 Å². The van der Waals surface area contributed by atoms with E-state index in [0.717, 1.165) is 13.0 Å². The zero-order valence-electron chi connectivity index (χ0n) is 11.3. The van der Waals surface area contributed by atoms with Gasteiger partial charge in [0.15, 0.2) is 0 Å². The van der Waals surface area contributed by atoms with E-state index < -0.39 is 0 Å². The van der Waals surface area contributed by atoms with Gasteiger partial charge in [0.2, 0.25) is 0 Å². The number of unbranched alkanes of at least 4 members (excludes halogenated alkanes) is 1. The van der Waals surface area contributed by atoms with Gasteiger partial charge in [-0.3, -0.25) is 0 Å². The Morgan fingerprint density at radius 3 is 2.59 bits per heavy atom. The lowest BCUT2D eigenvalue weighted by atomic mass is 10.0. The first-order valence-corrected chi connectivity index (χ1v) is 7.77.